The Labute approximate surface area is 165 Å². The van der Waals surface area contributed by atoms with Crippen molar-refractivity contribution in [2.75, 3.05) is 6.61 Å². The lowest BCUT2D eigenvalue weighted by Crippen LogP contribution is -2.25. The van der Waals surface area contributed by atoms with E-state index in [-0.39, 0.29) is 17.2 Å². The van der Waals surface area contributed by atoms with E-state index in [1.165, 1.54) is 30.3 Å². The third kappa shape index (κ3) is 7.53. The van der Waals surface area contributed by atoms with E-state index in [0.29, 0.717) is 18.6 Å². The summed E-state index contributed by atoms with van der Waals surface area (Å²) >= 11 is 0. The van der Waals surface area contributed by atoms with Gasteiger partial charge in [0.25, 0.3) is 5.91 Å². The molecule has 8 nitrogen and oxygen atoms in total. The Balaban J connectivity index is 1.77. The molecule has 29 heavy (non-hydrogen) atoms. The largest absolute Gasteiger partial charge is 0.477 e. The number of amides is 1. The van der Waals surface area contributed by atoms with Crippen LogP contribution in [0.3, 0.4) is 0 Å². The molecule has 0 aliphatic carbocycles. The molecule has 1 amide bonds. The lowest BCUT2D eigenvalue weighted by Gasteiger charge is -2.07. The Morgan fingerprint density at radius 1 is 1.21 bits per heavy atom. The first-order valence-corrected chi connectivity index (χ1v) is 8.57. The van der Waals surface area contributed by atoms with Crippen molar-refractivity contribution in [2.45, 2.75) is 26.4 Å². The second-order valence-electron chi connectivity index (χ2n) is 5.92. The van der Waals surface area contributed by atoms with Crippen LogP contribution < -0.4 is 14.9 Å². The molecule has 2 rings (SSSR count). The fourth-order valence-electron chi connectivity index (χ4n) is 2.28. The normalized spacial score (nSPS) is 11.2. The molecule has 0 saturated carbocycles. The average Bonchev–Trinajstić information content (AvgIpc) is 2.70. The number of nitrogens with one attached hydrogen (secondary N) is 1. The van der Waals surface area contributed by atoms with E-state index in [1.54, 1.807) is 25.1 Å². The van der Waals surface area contributed by atoms with Gasteiger partial charge < -0.3 is 9.47 Å². The number of ether oxygens (including phenoxy) is 2. The zero-order valence-corrected chi connectivity index (χ0v) is 15.5. The number of nitro benzene ring substituents is 1. The summed E-state index contributed by atoms with van der Waals surface area (Å²) in [7, 11) is 0. The van der Waals surface area contributed by atoms with Crippen molar-refractivity contribution < 1.29 is 28.0 Å². The Morgan fingerprint density at radius 2 is 1.90 bits per heavy atom. The highest BCUT2D eigenvalue weighted by Crippen LogP contribution is 2.25. The predicted octanol–water partition coefficient (Wildman–Crippen LogP) is 3.70. The molecule has 0 bridgehead atoms. The molecule has 10 heteroatoms. The number of aryl methyl sites for hydroxylation is 1. The monoisotopic (exact) mass is 407 g/mol. The number of benzene rings is 2. The van der Waals surface area contributed by atoms with Crippen LogP contribution in [0.1, 0.15) is 18.9 Å². The maximum Gasteiger partial charge on any atom is 0.387 e. The van der Waals surface area contributed by atoms with Gasteiger partial charge in [-0.1, -0.05) is 24.3 Å². The number of rotatable bonds is 10. The summed E-state index contributed by atoms with van der Waals surface area (Å²) in [4.78, 5) is 22.1. The summed E-state index contributed by atoms with van der Waals surface area (Å²) in [5.74, 6) is -0.483. The highest BCUT2D eigenvalue weighted by atomic mass is 19.3. The lowest BCUT2D eigenvalue weighted by atomic mass is 10.1. The third-order valence-corrected chi connectivity index (χ3v) is 3.72. The number of hydrogen-bond donors (Lipinski definition) is 1. The maximum absolute atomic E-state index is 12.1. The van der Waals surface area contributed by atoms with Crippen molar-refractivity contribution in [3.8, 4) is 11.5 Å². The Hall–Kier alpha value is -3.56. The zero-order chi connectivity index (χ0) is 21.2. The van der Waals surface area contributed by atoms with E-state index in [0.717, 1.165) is 5.56 Å². The van der Waals surface area contributed by atoms with Gasteiger partial charge in [-0.15, -0.1) is 0 Å². The molecule has 2 aromatic carbocycles. The second kappa shape index (κ2) is 10.7. The molecular formula is C19H19F2N3O5. The number of alkyl halides is 2. The van der Waals surface area contributed by atoms with E-state index in [1.807, 2.05) is 0 Å². The van der Waals surface area contributed by atoms with Crippen LogP contribution in [0.25, 0.3) is 0 Å². The van der Waals surface area contributed by atoms with Crippen molar-refractivity contribution in [2.24, 2.45) is 5.10 Å². The Kier molecular flexibility index (Phi) is 8.01. The van der Waals surface area contributed by atoms with E-state index in [2.05, 4.69) is 15.3 Å². The smallest absolute Gasteiger partial charge is 0.387 e. The van der Waals surface area contributed by atoms with Gasteiger partial charge in [-0.3, -0.25) is 14.9 Å². The van der Waals surface area contributed by atoms with Crippen LogP contribution in [0.2, 0.25) is 0 Å². The second-order valence-corrected chi connectivity index (χ2v) is 5.92. The molecule has 0 aromatic heterocycles. The number of hydrazone groups is 1. The van der Waals surface area contributed by atoms with Gasteiger partial charge in [-0.2, -0.15) is 13.9 Å². The maximum atomic E-state index is 12.1. The summed E-state index contributed by atoms with van der Waals surface area (Å²) in [6, 6.07) is 12.0. The van der Waals surface area contributed by atoms with Crippen LogP contribution in [0.15, 0.2) is 53.6 Å². The molecule has 0 atom stereocenters. The quantitative estimate of drug-likeness (QED) is 0.367. The number of para-hydroxylation sites is 2. The number of nitrogens with zero attached hydrogens (tertiary/aromatic N) is 2. The molecule has 0 spiro atoms. The average molecular weight is 407 g/mol. The van der Waals surface area contributed by atoms with Gasteiger partial charge in [-0.25, -0.2) is 5.43 Å². The topological polar surface area (TPSA) is 103 Å². The number of carbonyl (C=O) groups is 1. The van der Waals surface area contributed by atoms with Crippen molar-refractivity contribution in [3.05, 3.63) is 64.2 Å². The fraction of sp³-hybridized carbons (Fsp3) is 0.263. The standard InChI is InChI=1S/C19H19F2N3O5/c1-13(6-7-14-8-10-15(11-9-14)29-19(20)21)22-23-18(25)12-28-17-5-3-2-4-16(17)24(26)27/h2-5,8-11,19H,6-7,12H2,1H3,(H,23,25)/b22-13-. The summed E-state index contributed by atoms with van der Waals surface area (Å²) in [5, 5.41) is 14.8. The van der Waals surface area contributed by atoms with Gasteiger partial charge in [0.2, 0.25) is 0 Å². The lowest BCUT2D eigenvalue weighted by molar-refractivity contribution is -0.385. The third-order valence-electron chi connectivity index (χ3n) is 3.72. The van der Waals surface area contributed by atoms with E-state index in [9.17, 15) is 23.7 Å². The van der Waals surface area contributed by atoms with Crippen LogP contribution in [0.5, 0.6) is 11.5 Å². The molecule has 1 N–H and O–H groups in total. The van der Waals surface area contributed by atoms with Crippen molar-refractivity contribution in [3.63, 3.8) is 0 Å². The molecule has 0 aliphatic heterocycles. The molecule has 0 aliphatic rings. The molecule has 0 fully saturated rings. The zero-order valence-electron chi connectivity index (χ0n) is 15.5. The predicted molar refractivity (Wildman–Crippen MR) is 101 cm³/mol. The van der Waals surface area contributed by atoms with Gasteiger partial charge in [0.05, 0.1) is 4.92 Å². The SMILES string of the molecule is C/C(CCc1ccc(OC(F)F)cc1)=N/NC(=O)COc1ccccc1[N+](=O)[O-]. The minimum Gasteiger partial charge on any atom is -0.477 e. The molecular weight excluding hydrogens is 388 g/mol. The fourth-order valence-corrected chi connectivity index (χ4v) is 2.28. The minimum absolute atomic E-state index is 0.00683. The molecule has 0 radical (unpaired) electrons. The summed E-state index contributed by atoms with van der Waals surface area (Å²) < 4.78 is 33.7. The first-order chi connectivity index (χ1) is 13.8. The van der Waals surface area contributed by atoms with Crippen LogP contribution in [-0.2, 0) is 11.2 Å². The van der Waals surface area contributed by atoms with E-state index in [4.69, 9.17) is 4.74 Å². The molecule has 0 heterocycles. The van der Waals surface area contributed by atoms with Crippen LogP contribution in [0, 0.1) is 10.1 Å². The van der Waals surface area contributed by atoms with Crippen LogP contribution in [0.4, 0.5) is 14.5 Å². The van der Waals surface area contributed by atoms with Gasteiger partial charge in [-0.05, 0) is 43.5 Å². The summed E-state index contributed by atoms with van der Waals surface area (Å²) in [6.45, 7) is -1.57. The Morgan fingerprint density at radius 3 is 2.55 bits per heavy atom. The number of nitro groups is 1. The Bertz CT molecular complexity index is 872. The van der Waals surface area contributed by atoms with Crippen LogP contribution in [-0.4, -0.2) is 29.8 Å². The van der Waals surface area contributed by atoms with Gasteiger partial charge in [0.1, 0.15) is 5.75 Å². The van der Waals surface area contributed by atoms with Crippen molar-refractivity contribution >= 4 is 17.3 Å². The summed E-state index contributed by atoms with van der Waals surface area (Å²) in [6.07, 6.45) is 1.12. The van der Waals surface area contributed by atoms with Gasteiger partial charge >= 0.3 is 12.3 Å². The first-order valence-electron chi connectivity index (χ1n) is 8.57. The molecule has 2 aromatic rings. The first kappa shape index (κ1) is 21.7. The van der Waals surface area contributed by atoms with Gasteiger partial charge in [0, 0.05) is 11.8 Å². The molecule has 0 saturated heterocycles. The molecule has 0 unspecified atom stereocenters. The van der Waals surface area contributed by atoms with E-state index >= 15 is 0 Å². The van der Waals surface area contributed by atoms with Crippen molar-refractivity contribution in [1.29, 1.82) is 0 Å². The van der Waals surface area contributed by atoms with Crippen molar-refractivity contribution in [1.82, 2.24) is 5.43 Å². The highest BCUT2D eigenvalue weighted by Gasteiger charge is 2.14. The van der Waals surface area contributed by atoms with Crippen LogP contribution >= 0.6 is 0 Å². The van der Waals surface area contributed by atoms with Gasteiger partial charge in [0.15, 0.2) is 12.4 Å². The summed E-state index contributed by atoms with van der Waals surface area (Å²) in [5.41, 5.74) is 3.62. The number of halogens is 2. The highest BCUT2D eigenvalue weighted by molar-refractivity contribution is 5.85. The number of carbonyl (C=O) groups excluding carboxylic acids is 1. The minimum atomic E-state index is -2.86. The number of hydrogen-bond acceptors (Lipinski definition) is 6. The van der Waals surface area contributed by atoms with E-state index < -0.39 is 24.0 Å². The molecule has 154 valence electrons.